The maximum absolute atomic E-state index is 14.8. The Labute approximate surface area is 193 Å². The van der Waals surface area contributed by atoms with Crippen molar-refractivity contribution in [3.8, 4) is 11.3 Å². The van der Waals surface area contributed by atoms with Crippen molar-refractivity contribution in [1.29, 1.82) is 0 Å². The SMILES string of the molecule is [2H]C([2H])([2H])n1cc(C2CN(c3nc(-c4ccc(F)cc4F)c4nc(C)c(C)nc4n3)C[C@@H](C)O2)cn1. The minimum atomic E-state index is -2.40. The molecule has 0 bridgehead atoms. The molecular weight excluding hydrogens is 428 g/mol. The Bertz CT molecular complexity index is 1460. The van der Waals surface area contributed by atoms with Crippen molar-refractivity contribution < 1.29 is 17.6 Å². The number of anilines is 1. The first kappa shape index (κ1) is 18.0. The minimum absolute atomic E-state index is 0.0828. The summed E-state index contributed by atoms with van der Waals surface area (Å²) in [6, 6.07) is 3.28. The second kappa shape index (κ2) is 8.11. The number of ether oxygens (including phenoxy) is 1. The van der Waals surface area contributed by atoms with Crippen molar-refractivity contribution in [2.45, 2.75) is 33.0 Å². The van der Waals surface area contributed by atoms with Crippen LogP contribution in [0.3, 0.4) is 0 Å². The zero-order valence-corrected chi connectivity index (χ0v) is 18.3. The van der Waals surface area contributed by atoms with Crippen molar-refractivity contribution >= 4 is 17.1 Å². The fourth-order valence-electron chi connectivity index (χ4n) is 3.91. The van der Waals surface area contributed by atoms with Gasteiger partial charge in [-0.15, -0.1) is 0 Å². The highest BCUT2D eigenvalue weighted by atomic mass is 19.1. The van der Waals surface area contributed by atoms with E-state index >= 15 is 0 Å². The van der Waals surface area contributed by atoms with E-state index in [-0.39, 0.29) is 29.0 Å². The molecule has 0 spiro atoms. The van der Waals surface area contributed by atoms with Crippen molar-refractivity contribution in [1.82, 2.24) is 29.7 Å². The summed E-state index contributed by atoms with van der Waals surface area (Å²) in [6.07, 6.45) is 2.15. The van der Waals surface area contributed by atoms with Crippen LogP contribution in [-0.4, -0.2) is 48.9 Å². The number of aromatic nitrogens is 6. The highest BCUT2D eigenvalue weighted by Gasteiger charge is 2.30. The number of benzene rings is 1. The highest BCUT2D eigenvalue weighted by molar-refractivity contribution is 5.88. The zero-order chi connectivity index (χ0) is 25.8. The van der Waals surface area contributed by atoms with Gasteiger partial charge in [-0.3, -0.25) is 4.68 Å². The molecule has 0 aliphatic carbocycles. The van der Waals surface area contributed by atoms with Gasteiger partial charge in [-0.1, -0.05) is 0 Å². The van der Waals surface area contributed by atoms with Gasteiger partial charge >= 0.3 is 0 Å². The van der Waals surface area contributed by atoms with Crippen LogP contribution in [0.1, 0.15) is 34.1 Å². The topological polar surface area (TPSA) is 81.9 Å². The first-order chi connectivity index (χ1) is 17.0. The van der Waals surface area contributed by atoms with Crippen LogP contribution in [0.2, 0.25) is 0 Å². The van der Waals surface area contributed by atoms with Crippen molar-refractivity contribution in [2.75, 3.05) is 18.0 Å². The first-order valence-corrected chi connectivity index (χ1v) is 10.4. The van der Waals surface area contributed by atoms with E-state index in [2.05, 4.69) is 25.0 Å². The molecule has 1 saturated heterocycles. The summed E-state index contributed by atoms with van der Waals surface area (Å²) in [7, 11) is 0. The van der Waals surface area contributed by atoms with E-state index in [0.29, 0.717) is 35.6 Å². The number of rotatable bonds is 3. The largest absolute Gasteiger partial charge is 0.367 e. The lowest BCUT2D eigenvalue weighted by Crippen LogP contribution is -2.43. The Morgan fingerprint density at radius 2 is 1.91 bits per heavy atom. The molecule has 0 amide bonds. The van der Waals surface area contributed by atoms with Crippen LogP contribution in [0.4, 0.5) is 14.7 Å². The molecule has 10 heteroatoms. The molecule has 4 heterocycles. The molecule has 1 unspecified atom stereocenters. The number of halogens is 2. The molecule has 1 aliphatic heterocycles. The van der Waals surface area contributed by atoms with Crippen LogP contribution in [0.15, 0.2) is 30.6 Å². The van der Waals surface area contributed by atoms with E-state index in [1.54, 1.807) is 13.8 Å². The molecule has 3 aromatic heterocycles. The molecule has 0 radical (unpaired) electrons. The number of fused-ring (bicyclic) bond motifs is 1. The molecule has 0 N–H and O–H groups in total. The zero-order valence-electron chi connectivity index (χ0n) is 21.3. The van der Waals surface area contributed by atoms with Crippen LogP contribution in [-0.2, 0) is 11.7 Å². The van der Waals surface area contributed by atoms with Gasteiger partial charge in [0.25, 0.3) is 0 Å². The summed E-state index contributed by atoms with van der Waals surface area (Å²) in [5, 5.41) is 3.95. The van der Waals surface area contributed by atoms with Crippen molar-refractivity contribution in [3.05, 3.63) is 59.2 Å². The molecule has 2 atom stereocenters. The third kappa shape index (κ3) is 4.02. The predicted molar refractivity (Wildman–Crippen MR) is 119 cm³/mol. The Hall–Kier alpha value is -3.53. The van der Waals surface area contributed by atoms with Crippen LogP contribution < -0.4 is 4.90 Å². The summed E-state index contributed by atoms with van der Waals surface area (Å²) in [4.78, 5) is 20.2. The molecular formula is C23H23F2N7O. The van der Waals surface area contributed by atoms with Gasteiger partial charge in [0.1, 0.15) is 28.9 Å². The fourth-order valence-corrected chi connectivity index (χ4v) is 3.91. The second-order valence-corrected chi connectivity index (χ2v) is 8.12. The molecule has 33 heavy (non-hydrogen) atoms. The van der Waals surface area contributed by atoms with E-state index in [0.717, 1.165) is 16.8 Å². The van der Waals surface area contributed by atoms with Crippen LogP contribution >= 0.6 is 0 Å². The lowest BCUT2D eigenvalue weighted by atomic mass is 10.1. The number of morpholine rings is 1. The highest BCUT2D eigenvalue weighted by Crippen LogP contribution is 2.32. The molecule has 1 aliphatic rings. The molecule has 1 aromatic carbocycles. The molecule has 5 rings (SSSR count). The third-order valence-corrected chi connectivity index (χ3v) is 5.63. The quantitative estimate of drug-likeness (QED) is 0.467. The van der Waals surface area contributed by atoms with Gasteiger partial charge in [0, 0.05) is 41.0 Å². The summed E-state index contributed by atoms with van der Waals surface area (Å²) >= 11 is 0. The maximum atomic E-state index is 14.8. The van der Waals surface area contributed by atoms with E-state index in [4.69, 9.17) is 8.85 Å². The van der Waals surface area contributed by atoms with Gasteiger partial charge in [0.2, 0.25) is 5.95 Å². The monoisotopic (exact) mass is 454 g/mol. The summed E-state index contributed by atoms with van der Waals surface area (Å²) in [6.45, 7) is 3.79. The van der Waals surface area contributed by atoms with Crippen LogP contribution in [0.25, 0.3) is 22.4 Å². The lowest BCUT2D eigenvalue weighted by Gasteiger charge is -2.36. The van der Waals surface area contributed by atoms with Gasteiger partial charge in [-0.2, -0.15) is 10.1 Å². The van der Waals surface area contributed by atoms with Gasteiger partial charge in [0.05, 0.1) is 30.2 Å². The maximum Gasteiger partial charge on any atom is 0.228 e. The Balaban J connectivity index is 1.59. The number of hydrogen-bond acceptors (Lipinski definition) is 7. The Kier molecular flexibility index (Phi) is 4.41. The Morgan fingerprint density at radius 1 is 1.09 bits per heavy atom. The van der Waals surface area contributed by atoms with E-state index < -0.39 is 24.7 Å². The smallest absolute Gasteiger partial charge is 0.228 e. The molecule has 0 saturated carbocycles. The van der Waals surface area contributed by atoms with Gasteiger partial charge in [-0.25, -0.2) is 23.7 Å². The summed E-state index contributed by atoms with van der Waals surface area (Å²) in [5.41, 5.74) is 2.79. The average molecular weight is 454 g/mol. The average Bonchev–Trinajstić information content (AvgIpc) is 3.30. The van der Waals surface area contributed by atoms with Gasteiger partial charge in [0.15, 0.2) is 5.65 Å². The summed E-state index contributed by atoms with van der Waals surface area (Å²) < 4.78 is 58.1. The van der Waals surface area contributed by atoms with Crippen molar-refractivity contribution in [2.24, 2.45) is 6.98 Å². The lowest BCUT2D eigenvalue weighted by molar-refractivity contribution is -0.0178. The Morgan fingerprint density at radius 3 is 2.67 bits per heavy atom. The van der Waals surface area contributed by atoms with Crippen LogP contribution in [0.5, 0.6) is 0 Å². The van der Waals surface area contributed by atoms with Crippen LogP contribution in [0, 0.1) is 25.5 Å². The van der Waals surface area contributed by atoms with Gasteiger partial charge < -0.3 is 9.64 Å². The number of nitrogens with zero attached hydrogens (tertiary/aromatic N) is 7. The number of aryl methyl sites for hydroxylation is 3. The normalized spacial score (nSPS) is 20.5. The molecule has 8 nitrogen and oxygen atoms in total. The fraction of sp³-hybridized carbons (Fsp3) is 0.348. The minimum Gasteiger partial charge on any atom is -0.367 e. The third-order valence-electron chi connectivity index (χ3n) is 5.63. The van der Waals surface area contributed by atoms with E-state index in [1.165, 1.54) is 18.5 Å². The van der Waals surface area contributed by atoms with Crippen molar-refractivity contribution in [3.63, 3.8) is 0 Å². The standard InChI is InChI=1S/C23H23F2N7O/c1-12-9-32(11-19(33-12)15-8-26-31(4)10-15)23-29-20(17-6-5-16(24)7-18(17)25)21-22(30-23)28-14(3)13(2)27-21/h5-8,10,12,19H,9,11H2,1-4H3/t12-,19?/m1/s1/i4D3. The van der Waals surface area contributed by atoms with E-state index in [9.17, 15) is 8.78 Å². The molecule has 170 valence electrons. The first-order valence-electron chi connectivity index (χ1n) is 11.9. The predicted octanol–water partition coefficient (Wildman–Crippen LogP) is 3.68. The molecule has 1 fully saturated rings. The number of hydrogen-bond donors (Lipinski definition) is 0. The van der Waals surface area contributed by atoms with E-state index in [1.807, 2.05) is 11.8 Å². The second-order valence-electron chi connectivity index (χ2n) is 8.12. The summed E-state index contributed by atoms with van der Waals surface area (Å²) in [5.74, 6) is -1.19. The van der Waals surface area contributed by atoms with Gasteiger partial charge in [-0.05, 0) is 32.9 Å². The molecule has 4 aromatic rings.